The summed E-state index contributed by atoms with van der Waals surface area (Å²) in [4.78, 5) is 10.2. The molecule has 0 saturated carbocycles. The largest absolute Gasteiger partial charge is 0.250 e. The lowest BCUT2D eigenvalue weighted by Gasteiger charge is -1.94. The van der Waals surface area contributed by atoms with Crippen LogP contribution < -0.4 is 0 Å². The third-order valence-electron chi connectivity index (χ3n) is 1.38. The molecule has 10 heavy (non-hydrogen) atoms. The first-order chi connectivity index (χ1) is 4.88. The van der Waals surface area contributed by atoms with Gasteiger partial charge < -0.3 is 0 Å². The molecule has 3 heteroatoms. The first kappa shape index (κ1) is 6.22. The Kier molecular flexibility index (Phi) is 1.41. The summed E-state index contributed by atoms with van der Waals surface area (Å²) >= 11 is 4.22. The Labute approximate surface area is 64.1 Å². The number of hydrogen-bond donors (Lipinski definition) is 1. The van der Waals surface area contributed by atoms with Crippen LogP contribution in [0.25, 0.3) is 0 Å². The fraction of sp³-hybridized carbons (Fsp3) is 0.143. The van der Waals surface area contributed by atoms with Crippen LogP contribution in [0.1, 0.15) is 11.9 Å². The maximum Gasteiger partial charge on any atom is 0.250 e. The summed E-state index contributed by atoms with van der Waals surface area (Å²) in [6, 6.07) is 7.69. The van der Waals surface area contributed by atoms with Crippen LogP contribution in [0.4, 0.5) is 0 Å². The van der Waals surface area contributed by atoms with E-state index in [1.807, 2.05) is 24.3 Å². The Morgan fingerprint density at radius 3 is 2.50 bits per heavy atom. The van der Waals surface area contributed by atoms with Crippen LogP contribution in [0, 0.1) is 0 Å². The number of rotatable bonds is 1. The van der Waals surface area contributed by atoms with Crippen LogP contribution in [-0.2, 0) is 9.78 Å². The van der Waals surface area contributed by atoms with Gasteiger partial charge in [0.15, 0.2) is 0 Å². The van der Waals surface area contributed by atoms with E-state index >= 15 is 0 Å². The molecule has 0 unspecified atom stereocenters. The summed E-state index contributed by atoms with van der Waals surface area (Å²) in [5, 5.41) is 0. The second kappa shape index (κ2) is 2.27. The van der Waals surface area contributed by atoms with Crippen molar-refractivity contribution in [2.24, 2.45) is 0 Å². The number of benzene rings is 1. The molecule has 0 amide bonds. The summed E-state index contributed by atoms with van der Waals surface area (Å²) in [5.41, 5.74) is 0.992. The third kappa shape index (κ3) is 1.03. The summed E-state index contributed by atoms with van der Waals surface area (Å²) in [6.45, 7) is 0. The highest BCUT2D eigenvalue weighted by atomic mass is 32.1. The molecule has 1 aromatic carbocycles. The molecule has 0 aliphatic carbocycles. The van der Waals surface area contributed by atoms with Gasteiger partial charge in [-0.05, 0) is 6.07 Å². The van der Waals surface area contributed by atoms with E-state index in [0.29, 0.717) is 0 Å². The van der Waals surface area contributed by atoms with Crippen molar-refractivity contribution >= 4 is 12.6 Å². The molecule has 0 spiro atoms. The molecule has 52 valence electrons. The lowest BCUT2D eigenvalue weighted by Crippen LogP contribution is -1.80. The maximum atomic E-state index is 4.63. The smallest absolute Gasteiger partial charge is 0.193 e. The van der Waals surface area contributed by atoms with Gasteiger partial charge in [0.05, 0.1) is 0 Å². The topological polar surface area (TPSA) is 25.1 Å². The van der Waals surface area contributed by atoms with Gasteiger partial charge in [-0.3, -0.25) is 0 Å². The molecular weight excluding hydrogens is 148 g/mol. The Hall–Kier alpha value is -0.510. The Balaban J connectivity index is 2.39. The molecule has 1 saturated heterocycles. The van der Waals surface area contributed by atoms with Crippen LogP contribution in [0.5, 0.6) is 0 Å². The van der Waals surface area contributed by atoms with Gasteiger partial charge in [-0.2, -0.15) is 9.78 Å². The van der Waals surface area contributed by atoms with Crippen molar-refractivity contribution in [3.05, 3.63) is 29.8 Å². The molecule has 1 fully saturated rings. The highest BCUT2D eigenvalue weighted by Gasteiger charge is 2.29. The monoisotopic (exact) mass is 154 g/mol. The van der Waals surface area contributed by atoms with Gasteiger partial charge in [-0.25, -0.2) is 0 Å². The molecule has 0 N–H and O–H groups in total. The van der Waals surface area contributed by atoms with Crippen LogP contribution in [0.15, 0.2) is 29.2 Å². The summed E-state index contributed by atoms with van der Waals surface area (Å²) in [7, 11) is 0. The zero-order chi connectivity index (χ0) is 6.97. The first-order valence-corrected chi connectivity index (χ1v) is 3.42. The van der Waals surface area contributed by atoms with E-state index in [9.17, 15) is 0 Å². The minimum atomic E-state index is -0.173. The van der Waals surface area contributed by atoms with Gasteiger partial charge in [0, 0.05) is 10.5 Å². The van der Waals surface area contributed by atoms with Crippen molar-refractivity contribution in [1.29, 1.82) is 0 Å². The molecule has 0 atom stereocenters. The van der Waals surface area contributed by atoms with E-state index in [0.717, 1.165) is 10.5 Å². The number of hydrogen-bond acceptors (Lipinski definition) is 3. The third-order valence-corrected chi connectivity index (χ3v) is 1.79. The molecule has 0 radical (unpaired) electrons. The van der Waals surface area contributed by atoms with E-state index in [1.54, 1.807) is 0 Å². The van der Waals surface area contributed by atoms with E-state index in [4.69, 9.17) is 0 Å². The van der Waals surface area contributed by atoms with Gasteiger partial charge >= 0.3 is 0 Å². The van der Waals surface area contributed by atoms with Gasteiger partial charge in [0.25, 0.3) is 6.29 Å². The Morgan fingerprint density at radius 1 is 1.20 bits per heavy atom. The van der Waals surface area contributed by atoms with Crippen LogP contribution in [-0.4, -0.2) is 0 Å². The predicted octanol–water partition coefficient (Wildman–Crippen LogP) is 1.94. The average molecular weight is 154 g/mol. The zero-order valence-electron chi connectivity index (χ0n) is 5.15. The Morgan fingerprint density at radius 2 is 1.90 bits per heavy atom. The SMILES string of the molecule is Sc1ccccc1C1OO1. The molecule has 2 nitrogen and oxygen atoms in total. The molecule has 1 heterocycles. The van der Waals surface area contributed by atoms with Crippen molar-refractivity contribution < 1.29 is 9.78 Å². The van der Waals surface area contributed by atoms with Crippen molar-refractivity contribution in [3.63, 3.8) is 0 Å². The van der Waals surface area contributed by atoms with Gasteiger partial charge in [0.1, 0.15) is 0 Å². The van der Waals surface area contributed by atoms with Gasteiger partial charge in [-0.1, -0.05) is 18.2 Å². The van der Waals surface area contributed by atoms with Crippen LogP contribution in [0.3, 0.4) is 0 Å². The van der Waals surface area contributed by atoms with Gasteiger partial charge in [0.2, 0.25) is 0 Å². The van der Waals surface area contributed by atoms with Crippen molar-refractivity contribution in [1.82, 2.24) is 0 Å². The lowest BCUT2D eigenvalue weighted by atomic mass is 10.2. The minimum absolute atomic E-state index is 0.173. The normalized spacial score (nSPS) is 17.3. The van der Waals surface area contributed by atoms with Crippen molar-refractivity contribution in [3.8, 4) is 0 Å². The molecule has 2 rings (SSSR count). The second-order valence-corrected chi connectivity index (χ2v) is 2.56. The highest BCUT2D eigenvalue weighted by Crippen LogP contribution is 2.35. The Bertz CT molecular complexity index is 245. The second-order valence-electron chi connectivity index (χ2n) is 2.08. The molecule has 0 aromatic heterocycles. The lowest BCUT2D eigenvalue weighted by molar-refractivity contribution is 0.0850. The van der Waals surface area contributed by atoms with Gasteiger partial charge in [-0.15, -0.1) is 12.6 Å². The molecular formula is C7H6O2S. The predicted molar refractivity (Wildman–Crippen MR) is 38.6 cm³/mol. The summed E-state index contributed by atoms with van der Waals surface area (Å²) in [6.07, 6.45) is -0.173. The first-order valence-electron chi connectivity index (χ1n) is 2.98. The van der Waals surface area contributed by atoms with E-state index in [2.05, 4.69) is 22.4 Å². The van der Waals surface area contributed by atoms with Crippen molar-refractivity contribution in [2.45, 2.75) is 11.2 Å². The molecule has 1 aromatic rings. The fourth-order valence-corrected chi connectivity index (χ4v) is 1.08. The minimum Gasteiger partial charge on any atom is -0.193 e. The maximum absolute atomic E-state index is 4.63. The van der Waals surface area contributed by atoms with Crippen molar-refractivity contribution in [2.75, 3.05) is 0 Å². The standard InChI is InChI=1S/C7H6O2S/c10-6-4-2-1-3-5(6)7-8-9-7/h1-4,7,10H. The van der Waals surface area contributed by atoms with E-state index in [-0.39, 0.29) is 6.29 Å². The van der Waals surface area contributed by atoms with E-state index < -0.39 is 0 Å². The molecule has 0 bridgehead atoms. The average Bonchev–Trinajstić information content (AvgIpc) is 2.71. The summed E-state index contributed by atoms with van der Waals surface area (Å²) in [5.74, 6) is 0. The molecule has 1 aliphatic rings. The van der Waals surface area contributed by atoms with Crippen LogP contribution >= 0.6 is 12.6 Å². The number of thiol groups is 1. The van der Waals surface area contributed by atoms with E-state index in [1.165, 1.54) is 0 Å². The highest BCUT2D eigenvalue weighted by molar-refractivity contribution is 7.80. The zero-order valence-corrected chi connectivity index (χ0v) is 6.04. The van der Waals surface area contributed by atoms with Crippen LogP contribution in [0.2, 0.25) is 0 Å². The molecule has 1 aliphatic heterocycles. The summed E-state index contributed by atoms with van der Waals surface area (Å²) < 4.78 is 0. The quantitative estimate of drug-likeness (QED) is 0.380. The fourth-order valence-electron chi connectivity index (χ4n) is 0.818.